The third-order valence-corrected chi connectivity index (χ3v) is 4.15. The lowest BCUT2D eigenvalue weighted by atomic mass is 10.3. The average molecular weight is 273 g/mol. The Morgan fingerprint density at radius 1 is 1.33 bits per heavy atom. The number of nitrogens with one attached hydrogen (secondary N) is 2. The lowest BCUT2D eigenvalue weighted by Crippen LogP contribution is -2.23. The van der Waals surface area contributed by atoms with Gasteiger partial charge in [0.05, 0.1) is 4.90 Å². The molecular formula is C12H23N3O2S. The lowest BCUT2D eigenvalue weighted by Gasteiger charge is -2.09. The molecule has 0 aliphatic carbocycles. The van der Waals surface area contributed by atoms with Gasteiger partial charge in [-0.15, -0.1) is 0 Å². The molecule has 1 heterocycles. The molecule has 1 rings (SSSR count). The van der Waals surface area contributed by atoms with E-state index < -0.39 is 10.0 Å². The molecule has 5 nitrogen and oxygen atoms in total. The zero-order valence-electron chi connectivity index (χ0n) is 11.5. The van der Waals surface area contributed by atoms with E-state index in [9.17, 15) is 8.42 Å². The van der Waals surface area contributed by atoms with Crippen molar-refractivity contribution < 1.29 is 8.42 Å². The molecule has 0 amide bonds. The summed E-state index contributed by atoms with van der Waals surface area (Å²) in [4.78, 5) is 0.340. The van der Waals surface area contributed by atoms with Crippen LogP contribution in [0.25, 0.3) is 0 Å². The molecule has 1 aromatic heterocycles. The van der Waals surface area contributed by atoms with Gasteiger partial charge in [-0.05, 0) is 13.0 Å². The van der Waals surface area contributed by atoms with E-state index in [1.54, 1.807) is 19.2 Å². The quantitative estimate of drug-likeness (QED) is 0.787. The molecule has 0 bridgehead atoms. The van der Waals surface area contributed by atoms with Gasteiger partial charge < -0.3 is 9.88 Å². The number of aryl methyl sites for hydroxylation is 1. The van der Waals surface area contributed by atoms with Gasteiger partial charge in [0.2, 0.25) is 10.0 Å². The minimum absolute atomic E-state index is 0.340. The number of nitrogens with zero attached hydrogens (tertiary/aromatic N) is 1. The van der Waals surface area contributed by atoms with Crippen LogP contribution in [0.4, 0.5) is 0 Å². The number of hydrogen-bond donors (Lipinski definition) is 2. The summed E-state index contributed by atoms with van der Waals surface area (Å²) in [5.41, 5.74) is 0.989. The van der Waals surface area contributed by atoms with Crippen LogP contribution in [0.1, 0.15) is 33.4 Å². The Labute approximate surface area is 110 Å². The van der Waals surface area contributed by atoms with Crippen molar-refractivity contribution in [1.82, 2.24) is 14.6 Å². The zero-order chi connectivity index (χ0) is 13.8. The van der Waals surface area contributed by atoms with Crippen LogP contribution in [0.5, 0.6) is 0 Å². The number of hydrogen-bond acceptors (Lipinski definition) is 3. The SMILES string of the molecule is CCNS(=O)(=O)c1cc(CNC(C)C)n(CC)c1. The molecule has 18 heavy (non-hydrogen) atoms. The third-order valence-electron chi connectivity index (χ3n) is 2.64. The van der Waals surface area contributed by atoms with Crippen LogP contribution < -0.4 is 10.0 Å². The maximum absolute atomic E-state index is 11.9. The molecule has 0 saturated heterocycles. The van der Waals surface area contributed by atoms with E-state index in [-0.39, 0.29) is 0 Å². The smallest absolute Gasteiger partial charge is 0.242 e. The van der Waals surface area contributed by atoms with E-state index in [4.69, 9.17) is 0 Å². The Morgan fingerprint density at radius 3 is 2.50 bits per heavy atom. The predicted molar refractivity (Wildman–Crippen MR) is 72.9 cm³/mol. The fourth-order valence-corrected chi connectivity index (χ4v) is 2.80. The summed E-state index contributed by atoms with van der Waals surface area (Å²) in [6, 6.07) is 2.11. The topological polar surface area (TPSA) is 63.1 Å². The number of aromatic nitrogens is 1. The second kappa shape index (κ2) is 6.36. The first-order valence-electron chi connectivity index (χ1n) is 6.32. The predicted octanol–water partition coefficient (Wildman–Crippen LogP) is 1.30. The molecule has 2 N–H and O–H groups in total. The molecule has 1 aromatic rings. The van der Waals surface area contributed by atoms with Crippen molar-refractivity contribution in [3.05, 3.63) is 18.0 Å². The van der Waals surface area contributed by atoms with Crippen molar-refractivity contribution in [1.29, 1.82) is 0 Å². The summed E-state index contributed by atoms with van der Waals surface area (Å²) < 4.78 is 28.3. The molecule has 0 unspecified atom stereocenters. The molecule has 6 heteroatoms. The summed E-state index contributed by atoms with van der Waals surface area (Å²) in [5, 5.41) is 3.30. The van der Waals surface area contributed by atoms with Gasteiger partial charge in [0.1, 0.15) is 0 Å². The number of rotatable bonds is 7. The van der Waals surface area contributed by atoms with Crippen molar-refractivity contribution in [2.45, 2.75) is 51.7 Å². The minimum Gasteiger partial charge on any atom is -0.349 e. The Kier molecular flexibility index (Phi) is 5.37. The van der Waals surface area contributed by atoms with E-state index in [1.807, 2.05) is 11.5 Å². The second-order valence-electron chi connectivity index (χ2n) is 4.49. The molecule has 0 aromatic carbocycles. The van der Waals surface area contributed by atoms with E-state index in [0.717, 1.165) is 12.2 Å². The molecular weight excluding hydrogens is 250 g/mol. The first kappa shape index (κ1) is 15.2. The van der Waals surface area contributed by atoms with Crippen molar-refractivity contribution in [3.8, 4) is 0 Å². The summed E-state index contributed by atoms with van der Waals surface area (Å²) in [6.45, 7) is 9.74. The summed E-state index contributed by atoms with van der Waals surface area (Å²) in [6.07, 6.45) is 1.69. The second-order valence-corrected chi connectivity index (χ2v) is 6.26. The van der Waals surface area contributed by atoms with Crippen molar-refractivity contribution in [3.63, 3.8) is 0 Å². The monoisotopic (exact) mass is 273 g/mol. The van der Waals surface area contributed by atoms with Crippen LogP contribution in [-0.4, -0.2) is 25.6 Å². The summed E-state index contributed by atoms with van der Waals surface area (Å²) in [7, 11) is -3.36. The third kappa shape index (κ3) is 3.83. The van der Waals surface area contributed by atoms with Gasteiger partial charge in [0.25, 0.3) is 0 Å². The highest BCUT2D eigenvalue weighted by atomic mass is 32.2. The van der Waals surface area contributed by atoms with Crippen LogP contribution in [-0.2, 0) is 23.1 Å². The summed E-state index contributed by atoms with van der Waals surface area (Å²) >= 11 is 0. The van der Waals surface area contributed by atoms with Gasteiger partial charge >= 0.3 is 0 Å². The molecule has 0 radical (unpaired) electrons. The van der Waals surface area contributed by atoms with Gasteiger partial charge in [-0.2, -0.15) is 0 Å². The molecule has 0 atom stereocenters. The van der Waals surface area contributed by atoms with Crippen LogP contribution in [0.15, 0.2) is 17.2 Å². The van der Waals surface area contributed by atoms with Gasteiger partial charge in [-0.3, -0.25) is 0 Å². The molecule has 104 valence electrons. The largest absolute Gasteiger partial charge is 0.349 e. The van der Waals surface area contributed by atoms with Crippen molar-refractivity contribution in [2.24, 2.45) is 0 Å². The van der Waals surface area contributed by atoms with Gasteiger partial charge in [0, 0.05) is 37.6 Å². The molecule has 0 aliphatic rings. The first-order chi connectivity index (χ1) is 8.40. The van der Waals surface area contributed by atoms with E-state index in [0.29, 0.717) is 24.0 Å². The standard InChI is InChI=1S/C12H23N3O2S/c1-5-14-18(16,17)12-7-11(8-13-10(3)4)15(6-2)9-12/h7,9-10,13-14H,5-6,8H2,1-4H3. The maximum atomic E-state index is 11.9. The van der Waals surface area contributed by atoms with E-state index in [2.05, 4.69) is 23.9 Å². The Balaban J connectivity index is 2.97. The van der Waals surface area contributed by atoms with Gasteiger partial charge in [-0.25, -0.2) is 13.1 Å². The Bertz CT molecular complexity index is 478. The van der Waals surface area contributed by atoms with Crippen LogP contribution in [0.3, 0.4) is 0 Å². The highest BCUT2D eigenvalue weighted by Gasteiger charge is 2.16. The fourth-order valence-electron chi connectivity index (χ4n) is 1.70. The van der Waals surface area contributed by atoms with E-state index >= 15 is 0 Å². The van der Waals surface area contributed by atoms with Crippen molar-refractivity contribution >= 4 is 10.0 Å². The van der Waals surface area contributed by atoms with Gasteiger partial charge in [-0.1, -0.05) is 20.8 Å². The maximum Gasteiger partial charge on any atom is 0.242 e. The fraction of sp³-hybridized carbons (Fsp3) is 0.667. The Morgan fingerprint density at radius 2 is 2.00 bits per heavy atom. The van der Waals surface area contributed by atoms with Crippen LogP contribution in [0.2, 0.25) is 0 Å². The van der Waals surface area contributed by atoms with Gasteiger partial charge in [0.15, 0.2) is 0 Å². The van der Waals surface area contributed by atoms with Crippen molar-refractivity contribution in [2.75, 3.05) is 6.54 Å². The van der Waals surface area contributed by atoms with E-state index in [1.165, 1.54) is 0 Å². The minimum atomic E-state index is -3.36. The average Bonchev–Trinajstić information content (AvgIpc) is 2.70. The molecule has 0 saturated carbocycles. The molecule has 0 aliphatic heterocycles. The van der Waals surface area contributed by atoms with Crippen LogP contribution >= 0.6 is 0 Å². The molecule has 0 spiro atoms. The molecule has 0 fully saturated rings. The highest BCUT2D eigenvalue weighted by Crippen LogP contribution is 2.14. The first-order valence-corrected chi connectivity index (χ1v) is 7.81. The highest BCUT2D eigenvalue weighted by molar-refractivity contribution is 7.89. The Hall–Kier alpha value is -0.850. The number of sulfonamides is 1. The van der Waals surface area contributed by atoms with Crippen LogP contribution in [0, 0.1) is 0 Å². The zero-order valence-corrected chi connectivity index (χ0v) is 12.3. The summed E-state index contributed by atoms with van der Waals surface area (Å²) in [5.74, 6) is 0. The lowest BCUT2D eigenvalue weighted by molar-refractivity contribution is 0.561. The normalized spacial score (nSPS) is 12.3.